The van der Waals surface area contributed by atoms with E-state index in [1.807, 2.05) is 39.0 Å². The fourth-order valence-corrected chi connectivity index (χ4v) is 2.42. The summed E-state index contributed by atoms with van der Waals surface area (Å²) in [6.45, 7) is 6.41. The van der Waals surface area contributed by atoms with Crippen LogP contribution in [0.15, 0.2) is 24.3 Å². The average molecular weight is 306 g/mol. The third-order valence-corrected chi connectivity index (χ3v) is 3.59. The molecule has 0 atom stereocenters. The lowest BCUT2D eigenvalue weighted by Gasteiger charge is -2.36. The first-order valence-corrected chi connectivity index (χ1v) is 7.71. The zero-order chi connectivity index (χ0) is 16.2. The molecule has 0 bridgehead atoms. The molecule has 0 spiro atoms. The molecule has 1 aliphatic carbocycles. The molecule has 1 aliphatic rings. The summed E-state index contributed by atoms with van der Waals surface area (Å²) in [4.78, 5) is 11.7. The van der Waals surface area contributed by atoms with Crippen molar-refractivity contribution in [3.8, 4) is 5.75 Å². The first-order chi connectivity index (χ1) is 10.4. The van der Waals surface area contributed by atoms with Crippen molar-refractivity contribution in [1.82, 2.24) is 10.6 Å². The van der Waals surface area contributed by atoms with Crippen molar-refractivity contribution in [3.63, 3.8) is 0 Å². The number of methoxy groups -OCH3 is 1. The van der Waals surface area contributed by atoms with E-state index >= 15 is 0 Å². The number of hydrogen-bond acceptors (Lipinski definition) is 4. The van der Waals surface area contributed by atoms with Crippen LogP contribution in [0.3, 0.4) is 0 Å². The highest BCUT2D eigenvalue weighted by Crippen LogP contribution is 2.21. The summed E-state index contributed by atoms with van der Waals surface area (Å²) >= 11 is 0. The fraction of sp³-hybridized carbons (Fsp3) is 0.588. The molecule has 5 heteroatoms. The number of hydrogen-bond donors (Lipinski definition) is 2. The zero-order valence-corrected chi connectivity index (χ0v) is 13.8. The summed E-state index contributed by atoms with van der Waals surface area (Å²) in [5.41, 5.74) is 0.751. The number of carbonyl (C=O) groups is 1. The van der Waals surface area contributed by atoms with E-state index in [-0.39, 0.29) is 12.1 Å². The Hall–Kier alpha value is -1.75. The van der Waals surface area contributed by atoms with Gasteiger partial charge in [-0.3, -0.25) is 0 Å². The highest BCUT2D eigenvalue weighted by molar-refractivity contribution is 5.68. The molecule has 2 rings (SSSR count). The second kappa shape index (κ2) is 7.01. The zero-order valence-electron chi connectivity index (χ0n) is 13.8. The van der Waals surface area contributed by atoms with Crippen LogP contribution in [-0.2, 0) is 11.3 Å². The Balaban J connectivity index is 1.66. The molecular formula is C17H26N2O3. The number of carbonyl (C=O) groups excluding carboxylic acids is 1. The summed E-state index contributed by atoms with van der Waals surface area (Å²) in [5, 5.41) is 6.39. The maximum absolute atomic E-state index is 11.7. The van der Waals surface area contributed by atoms with Gasteiger partial charge in [0.15, 0.2) is 0 Å². The van der Waals surface area contributed by atoms with Crippen molar-refractivity contribution in [2.24, 2.45) is 0 Å². The predicted molar refractivity (Wildman–Crippen MR) is 86.0 cm³/mol. The van der Waals surface area contributed by atoms with Gasteiger partial charge < -0.3 is 20.1 Å². The largest absolute Gasteiger partial charge is 0.497 e. The number of benzene rings is 1. The normalized spacial score (nSPS) is 20.9. The van der Waals surface area contributed by atoms with Crippen LogP contribution < -0.4 is 15.4 Å². The van der Waals surface area contributed by atoms with Gasteiger partial charge >= 0.3 is 6.09 Å². The monoisotopic (exact) mass is 306 g/mol. The van der Waals surface area contributed by atoms with Crippen LogP contribution in [0.4, 0.5) is 4.79 Å². The SMILES string of the molecule is COc1cccc(CNC2CC(NC(=O)OC(C)(C)C)C2)c1. The van der Waals surface area contributed by atoms with Crippen LogP contribution in [0.25, 0.3) is 0 Å². The van der Waals surface area contributed by atoms with Gasteiger partial charge in [0.2, 0.25) is 0 Å². The third kappa shape index (κ3) is 5.22. The molecule has 0 radical (unpaired) electrons. The predicted octanol–water partition coefficient (Wildman–Crippen LogP) is 2.84. The van der Waals surface area contributed by atoms with Gasteiger partial charge in [-0.1, -0.05) is 12.1 Å². The molecule has 2 N–H and O–H groups in total. The minimum absolute atomic E-state index is 0.206. The smallest absolute Gasteiger partial charge is 0.407 e. The Morgan fingerprint density at radius 2 is 2.00 bits per heavy atom. The maximum Gasteiger partial charge on any atom is 0.407 e. The Bertz CT molecular complexity index is 505. The van der Waals surface area contributed by atoms with Crippen molar-refractivity contribution in [1.29, 1.82) is 0 Å². The lowest BCUT2D eigenvalue weighted by molar-refractivity contribution is 0.0465. The van der Waals surface area contributed by atoms with Gasteiger partial charge in [-0.15, -0.1) is 0 Å². The van der Waals surface area contributed by atoms with E-state index < -0.39 is 5.60 Å². The van der Waals surface area contributed by atoms with Crippen LogP contribution in [0.1, 0.15) is 39.2 Å². The van der Waals surface area contributed by atoms with Crippen LogP contribution in [0, 0.1) is 0 Å². The van der Waals surface area contributed by atoms with Crippen molar-refractivity contribution >= 4 is 6.09 Å². The van der Waals surface area contributed by atoms with E-state index in [9.17, 15) is 4.79 Å². The minimum atomic E-state index is -0.447. The van der Waals surface area contributed by atoms with Crippen LogP contribution in [-0.4, -0.2) is 30.9 Å². The van der Waals surface area contributed by atoms with Crippen LogP contribution in [0.5, 0.6) is 5.75 Å². The van der Waals surface area contributed by atoms with Crippen molar-refractivity contribution in [3.05, 3.63) is 29.8 Å². The molecular weight excluding hydrogens is 280 g/mol. The third-order valence-electron chi connectivity index (χ3n) is 3.59. The molecule has 1 aromatic rings. The van der Waals surface area contributed by atoms with E-state index in [4.69, 9.17) is 9.47 Å². The van der Waals surface area contributed by atoms with Gasteiger partial charge in [0.25, 0.3) is 0 Å². The van der Waals surface area contributed by atoms with E-state index in [0.717, 1.165) is 25.1 Å². The van der Waals surface area contributed by atoms with Crippen molar-refractivity contribution in [2.75, 3.05) is 7.11 Å². The molecule has 22 heavy (non-hydrogen) atoms. The second-order valence-electron chi connectivity index (χ2n) is 6.74. The van der Waals surface area contributed by atoms with Crippen LogP contribution in [0.2, 0.25) is 0 Å². The van der Waals surface area contributed by atoms with E-state index in [1.165, 1.54) is 5.56 Å². The summed E-state index contributed by atoms with van der Waals surface area (Å²) in [6.07, 6.45) is 1.54. The Labute approximate surface area is 132 Å². The Morgan fingerprint density at radius 3 is 2.64 bits per heavy atom. The van der Waals surface area contributed by atoms with E-state index in [2.05, 4.69) is 16.7 Å². The summed E-state index contributed by atoms with van der Waals surface area (Å²) in [5.74, 6) is 0.873. The van der Waals surface area contributed by atoms with Gasteiger partial charge in [0.1, 0.15) is 11.4 Å². The maximum atomic E-state index is 11.7. The van der Waals surface area contributed by atoms with Gasteiger partial charge in [-0.2, -0.15) is 0 Å². The Morgan fingerprint density at radius 1 is 1.27 bits per heavy atom. The van der Waals surface area contributed by atoms with E-state index in [1.54, 1.807) is 7.11 Å². The average Bonchev–Trinajstić information content (AvgIpc) is 2.39. The number of rotatable bonds is 5. The molecule has 0 aliphatic heterocycles. The first kappa shape index (κ1) is 16.6. The van der Waals surface area contributed by atoms with Gasteiger partial charge in [-0.05, 0) is 51.3 Å². The summed E-state index contributed by atoms with van der Waals surface area (Å²) in [7, 11) is 1.67. The standard InChI is InChI=1S/C17H26N2O3/c1-17(2,3)22-16(20)19-14-9-13(10-14)18-11-12-6-5-7-15(8-12)21-4/h5-8,13-14,18H,9-11H2,1-4H3,(H,19,20). The summed E-state index contributed by atoms with van der Waals surface area (Å²) < 4.78 is 10.5. The topological polar surface area (TPSA) is 59.6 Å². The van der Waals surface area contributed by atoms with Crippen LogP contribution >= 0.6 is 0 Å². The molecule has 0 unspecified atom stereocenters. The first-order valence-electron chi connectivity index (χ1n) is 7.71. The molecule has 122 valence electrons. The molecule has 0 aromatic heterocycles. The number of alkyl carbamates (subject to hydrolysis) is 1. The molecule has 1 fully saturated rings. The summed E-state index contributed by atoms with van der Waals surface area (Å²) in [6, 6.07) is 8.67. The van der Waals surface area contributed by atoms with E-state index in [0.29, 0.717) is 6.04 Å². The molecule has 1 aromatic carbocycles. The van der Waals surface area contributed by atoms with Crippen molar-refractivity contribution in [2.45, 2.75) is 57.8 Å². The quantitative estimate of drug-likeness (QED) is 0.878. The minimum Gasteiger partial charge on any atom is -0.497 e. The molecule has 0 saturated heterocycles. The number of nitrogens with one attached hydrogen (secondary N) is 2. The molecule has 0 heterocycles. The van der Waals surface area contributed by atoms with Gasteiger partial charge in [-0.25, -0.2) is 4.79 Å². The molecule has 1 saturated carbocycles. The highest BCUT2D eigenvalue weighted by atomic mass is 16.6. The Kier molecular flexibility index (Phi) is 5.29. The van der Waals surface area contributed by atoms with Gasteiger partial charge in [0.05, 0.1) is 7.11 Å². The molecule has 1 amide bonds. The number of amides is 1. The lowest BCUT2D eigenvalue weighted by Crippen LogP contribution is -2.52. The van der Waals surface area contributed by atoms with Gasteiger partial charge in [0, 0.05) is 18.6 Å². The fourth-order valence-electron chi connectivity index (χ4n) is 2.42. The number of ether oxygens (including phenoxy) is 2. The highest BCUT2D eigenvalue weighted by Gasteiger charge is 2.31. The lowest BCUT2D eigenvalue weighted by atomic mass is 9.87. The van der Waals surface area contributed by atoms with Crippen molar-refractivity contribution < 1.29 is 14.3 Å². The molecule has 5 nitrogen and oxygen atoms in total. The second-order valence-corrected chi connectivity index (χ2v) is 6.74.